The van der Waals surface area contributed by atoms with E-state index in [0.717, 1.165) is 16.8 Å². The van der Waals surface area contributed by atoms with Crippen molar-refractivity contribution >= 4 is 28.8 Å². The van der Waals surface area contributed by atoms with Crippen LogP contribution in [0.4, 0.5) is 5.69 Å². The second-order valence-corrected chi connectivity index (χ2v) is 5.83. The summed E-state index contributed by atoms with van der Waals surface area (Å²) in [6.07, 6.45) is 1.90. The fraction of sp³-hybridized carbons (Fsp3) is 0.200. The monoisotopic (exact) mass is 320 g/mol. The summed E-state index contributed by atoms with van der Waals surface area (Å²) in [5, 5.41) is 1.19. The fourth-order valence-electron chi connectivity index (χ4n) is 2.89. The van der Waals surface area contributed by atoms with Gasteiger partial charge in [0.2, 0.25) is 0 Å². The summed E-state index contributed by atoms with van der Waals surface area (Å²) in [4.78, 5) is 16.2. The first-order valence-electron chi connectivity index (χ1n) is 7.80. The van der Waals surface area contributed by atoms with Crippen molar-refractivity contribution < 1.29 is 9.53 Å². The molecule has 0 aliphatic carbocycles. The van der Waals surface area contributed by atoms with Gasteiger partial charge in [0, 0.05) is 35.4 Å². The minimum absolute atomic E-state index is 0.335. The van der Waals surface area contributed by atoms with Crippen LogP contribution in [0.5, 0.6) is 0 Å². The predicted molar refractivity (Wildman–Crippen MR) is 97.4 cm³/mol. The van der Waals surface area contributed by atoms with E-state index >= 15 is 0 Å². The number of hydrogen-bond acceptors (Lipinski definition) is 3. The van der Waals surface area contributed by atoms with Crippen molar-refractivity contribution in [3.63, 3.8) is 0 Å². The number of fused-ring (bicyclic) bond motifs is 1. The highest BCUT2D eigenvalue weighted by Gasteiger charge is 2.10. The molecule has 0 spiro atoms. The lowest BCUT2D eigenvalue weighted by Crippen LogP contribution is -2.00. The number of aryl methyl sites for hydroxylation is 2. The quantitative estimate of drug-likeness (QED) is 0.532. The highest BCUT2D eigenvalue weighted by Crippen LogP contribution is 2.25. The van der Waals surface area contributed by atoms with Crippen molar-refractivity contribution in [2.24, 2.45) is 12.0 Å². The van der Waals surface area contributed by atoms with Crippen molar-refractivity contribution in [1.29, 1.82) is 0 Å². The second-order valence-electron chi connectivity index (χ2n) is 5.83. The van der Waals surface area contributed by atoms with Crippen LogP contribution in [-0.4, -0.2) is 23.9 Å². The topological polar surface area (TPSA) is 43.6 Å². The Morgan fingerprint density at radius 2 is 1.92 bits per heavy atom. The maximum Gasteiger partial charge on any atom is 0.337 e. The third kappa shape index (κ3) is 2.71. The van der Waals surface area contributed by atoms with Gasteiger partial charge in [0.25, 0.3) is 0 Å². The molecule has 0 aliphatic heterocycles. The number of para-hydroxylation sites is 1. The van der Waals surface area contributed by atoms with Gasteiger partial charge in [0.15, 0.2) is 0 Å². The van der Waals surface area contributed by atoms with Crippen LogP contribution < -0.4 is 0 Å². The van der Waals surface area contributed by atoms with E-state index in [-0.39, 0.29) is 5.97 Å². The third-order valence-corrected chi connectivity index (χ3v) is 4.40. The minimum atomic E-state index is -0.335. The van der Waals surface area contributed by atoms with Crippen molar-refractivity contribution in [2.75, 3.05) is 7.11 Å². The molecule has 0 saturated heterocycles. The van der Waals surface area contributed by atoms with Gasteiger partial charge in [-0.1, -0.05) is 18.2 Å². The minimum Gasteiger partial charge on any atom is -0.465 e. The van der Waals surface area contributed by atoms with Crippen LogP contribution in [0, 0.1) is 13.8 Å². The molecule has 1 aromatic heterocycles. The van der Waals surface area contributed by atoms with Crippen LogP contribution in [-0.2, 0) is 11.8 Å². The average Bonchev–Trinajstić information content (AvgIpc) is 2.84. The lowest BCUT2D eigenvalue weighted by atomic mass is 10.1. The fourth-order valence-corrected chi connectivity index (χ4v) is 2.89. The molecule has 0 fully saturated rings. The van der Waals surface area contributed by atoms with E-state index in [1.165, 1.54) is 23.7 Å². The maximum absolute atomic E-state index is 11.6. The lowest BCUT2D eigenvalue weighted by molar-refractivity contribution is 0.0600. The van der Waals surface area contributed by atoms with Gasteiger partial charge in [-0.15, -0.1) is 0 Å². The molecule has 0 N–H and O–H groups in total. The SMILES string of the molecule is COC(=O)c1ccc(N=Cc2c(C)n(C)c3ccccc23)c(C)c1. The molecule has 122 valence electrons. The molecule has 0 amide bonds. The summed E-state index contributed by atoms with van der Waals surface area (Å²) in [6, 6.07) is 13.7. The summed E-state index contributed by atoms with van der Waals surface area (Å²) in [7, 11) is 3.44. The molecular weight excluding hydrogens is 300 g/mol. The summed E-state index contributed by atoms with van der Waals surface area (Å²) in [5.74, 6) is -0.335. The molecule has 0 saturated carbocycles. The van der Waals surface area contributed by atoms with Gasteiger partial charge in [0.05, 0.1) is 18.4 Å². The Kier molecular flexibility index (Phi) is 4.21. The molecule has 24 heavy (non-hydrogen) atoms. The Morgan fingerprint density at radius 3 is 2.62 bits per heavy atom. The molecule has 4 heteroatoms. The first-order chi connectivity index (χ1) is 11.5. The van der Waals surface area contributed by atoms with Crippen LogP contribution >= 0.6 is 0 Å². The van der Waals surface area contributed by atoms with Crippen molar-refractivity contribution in [1.82, 2.24) is 4.57 Å². The van der Waals surface area contributed by atoms with Gasteiger partial charge in [-0.2, -0.15) is 0 Å². The van der Waals surface area contributed by atoms with Gasteiger partial charge >= 0.3 is 5.97 Å². The summed E-state index contributed by atoms with van der Waals surface area (Å²) >= 11 is 0. The number of esters is 1. The molecule has 3 rings (SSSR count). The Balaban J connectivity index is 2.00. The van der Waals surface area contributed by atoms with Crippen LogP contribution in [0.25, 0.3) is 10.9 Å². The van der Waals surface area contributed by atoms with Crippen LogP contribution in [0.15, 0.2) is 47.5 Å². The average molecular weight is 320 g/mol. The zero-order valence-corrected chi connectivity index (χ0v) is 14.3. The molecule has 0 aliphatic rings. The van der Waals surface area contributed by atoms with Crippen molar-refractivity contribution in [2.45, 2.75) is 13.8 Å². The summed E-state index contributed by atoms with van der Waals surface area (Å²) < 4.78 is 6.92. The van der Waals surface area contributed by atoms with E-state index in [0.29, 0.717) is 5.56 Å². The van der Waals surface area contributed by atoms with E-state index in [1.54, 1.807) is 12.1 Å². The number of carbonyl (C=O) groups excluding carboxylic acids is 1. The lowest BCUT2D eigenvalue weighted by Gasteiger charge is -2.04. The predicted octanol–water partition coefficient (Wildman–Crippen LogP) is 4.33. The molecule has 0 atom stereocenters. The highest BCUT2D eigenvalue weighted by molar-refractivity contribution is 6.02. The number of carbonyl (C=O) groups is 1. The Bertz CT molecular complexity index is 952. The number of methoxy groups -OCH3 is 1. The molecule has 1 heterocycles. The number of rotatable bonds is 3. The van der Waals surface area contributed by atoms with E-state index in [1.807, 2.05) is 31.3 Å². The zero-order valence-electron chi connectivity index (χ0n) is 14.3. The smallest absolute Gasteiger partial charge is 0.337 e. The second kappa shape index (κ2) is 6.32. The highest BCUT2D eigenvalue weighted by atomic mass is 16.5. The molecule has 3 aromatic rings. The maximum atomic E-state index is 11.6. The van der Waals surface area contributed by atoms with Gasteiger partial charge in [-0.25, -0.2) is 4.79 Å². The Hall–Kier alpha value is -2.88. The van der Waals surface area contributed by atoms with Crippen molar-refractivity contribution in [3.05, 3.63) is 64.8 Å². The molecule has 0 bridgehead atoms. The number of aliphatic imine (C=N–C) groups is 1. The summed E-state index contributed by atoms with van der Waals surface area (Å²) in [6.45, 7) is 4.03. The molecule has 4 nitrogen and oxygen atoms in total. The van der Waals surface area contributed by atoms with E-state index in [4.69, 9.17) is 4.74 Å². The third-order valence-electron chi connectivity index (χ3n) is 4.40. The molecular formula is C20H20N2O2. The van der Waals surface area contributed by atoms with Gasteiger partial charge in [0.1, 0.15) is 0 Å². The first-order valence-corrected chi connectivity index (χ1v) is 7.80. The number of aromatic nitrogens is 1. The van der Waals surface area contributed by atoms with Crippen LogP contribution in [0.1, 0.15) is 27.2 Å². The number of ether oxygens (including phenoxy) is 1. The largest absolute Gasteiger partial charge is 0.465 e. The molecule has 0 unspecified atom stereocenters. The number of nitrogens with zero attached hydrogens (tertiary/aromatic N) is 2. The Morgan fingerprint density at radius 1 is 1.17 bits per heavy atom. The summed E-state index contributed by atoms with van der Waals surface area (Å²) in [5.41, 5.74) is 5.79. The standard InChI is InChI=1S/C20H20N2O2/c1-13-11-15(20(23)24-4)9-10-18(13)21-12-17-14(2)22(3)19-8-6-5-7-16(17)19/h5-12H,1-4H3. The van der Waals surface area contributed by atoms with Gasteiger partial charge in [-0.05, 0) is 43.7 Å². The normalized spacial score (nSPS) is 11.3. The van der Waals surface area contributed by atoms with Gasteiger partial charge in [-0.3, -0.25) is 4.99 Å². The molecule has 2 aromatic carbocycles. The van der Waals surface area contributed by atoms with Crippen molar-refractivity contribution in [3.8, 4) is 0 Å². The van der Waals surface area contributed by atoms with Crippen LogP contribution in [0.2, 0.25) is 0 Å². The van der Waals surface area contributed by atoms with E-state index in [9.17, 15) is 4.79 Å². The number of hydrogen-bond donors (Lipinski definition) is 0. The van der Waals surface area contributed by atoms with Crippen LogP contribution in [0.3, 0.4) is 0 Å². The molecule has 0 radical (unpaired) electrons. The first kappa shape index (κ1) is 16.0. The Labute approximate surface area is 141 Å². The zero-order chi connectivity index (χ0) is 17.3. The van der Waals surface area contributed by atoms with Gasteiger partial charge < -0.3 is 9.30 Å². The van der Waals surface area contributed by atoms with E-state index in [2.05, 4.69) is 35.7 Å². The number of benzene rings is 2. The van der Waals surface area contributed by atoms with E-state index < -0.39 is 0 Å².